The van der Waals surface area contributed by atoms with Gasteiger partial charge in [-0.2, -0.15) is 4.98 Å². The van der Waals surface area contributed by atoms with Gasteiger partial charge >= 0.3 is 6.09 Å². The zero-order valence-electron chi connectivity index (χ0n) is 10.8. The highest BCUT2D eigenvalue weighted by atomic mass is 35.5. The fourth-order valence-electron chi connectivity index (χ4n) is 1.90. The Hall–Kier alpha value is -2.58. The van der Waals surface area contributed by atoms with Gasteiger partial charge in [0.25, 0.3) is 0 Å². The number of aromatic nitrogens is 3. The van der Waals surface area contributed by atoms with E-state index in [4.69, 9.17) is 11.6 Å². The van der Waals surface area contributed by atoms with Gasteiger partial charge in [0, 0.05) is 6.20 Å². The van der Waals surface area contributed by atoms with Crippen molar-refractivity contribution in [1.29, 1.82) is 0 Å². The number of carbonyl (C=O) groups excluding carboxylic acids is 1. The van der Waals surface area contributed by atoms with E-state index in [0.29, 0.717) is 21.4 Å². The summed E-state index contributed by atoms with van der Waals surface area (Å²) in [6.07, 6.45) is 0.864. The van der Waals surface area contributed by atoms with E-state index in [-0.39, 0.29) is 16.9 Å². The SMILES string of the molecule is O=Cc1cc2nc(Cl)nc(N(C(=O)O)c3ccccn3)c2s1. The molecule has 0 aliphatic carbocycles. The lowest BCUT2D eigenvalue weighted by Gasteiger charge is -2.17. The fourth-order valence-corrected chi connectivity index (χ4v) is 2.96. The molecule has 3 heterocycles. The molecule has 22 heavy (non-hydrogen) atoms. The summed E-state index contributed by atoms with van der Waals surface area (Å²) in [4.78, 5) is 35.9. The highest BCUT2D eigenvalue weighted by Crippen LogP contribution is 2.35. The fraction of sp³-hybridized carbons (Fsp3) is 0. The van der Waals surface area contributed by atoms with Crippen molar-refractivity contribution < 1.29 is 14.7 Å². The molecule has 0 atom stereocenters. The summed E-state index contributed by atoms with van der Waals surface area (Å²) in [5.41, 5.74) is 0.407. The summed E-state index contributed by atoms with van der Waals surface area (Å²) >= 11 is 6.96. The third-order valence-electron chi connectivity index (χ3n) is 2.74. The molecule has 3 rings (SSSR count). The molecular formula is C13H7ClN4O3S. The van der Waals surface area contributed by atoms with Crippen LogP contribution in [0.5, 0.6) is 0 Å². The molecule has 0 aliphatic heterocycles. The first-order valence-electron chi connectivity index (χ1n) is 5.96. The van der Waals surface area contributed by atoms with Gasteiger partial charge in [-0.15, -0.1) is 11.3 Å². The van der Waals surface area contributed by atoms with Crippen LogP contribution in [-0.2, 0) is 0 Å². The Morgan fingerprint density at radius 1 is 1.36 bits per heavy atom. The van der Waals surface area contributed by atoms with E-state index < -0.39 is 6.09 Å². The van der Waals surface area contributed by atoms with Crippen LogP contribution < -0.4 is 4.90 Å². The lowest BCUT2D eigenvalue weighted by Crippen LogP contribution is -2.25. The summed E-state index contributed by atoms with van der Waals surface area (Å²) in [5.74, 6) is 0.242. The number of fused-ring (bicyclic) bond motifs is 1. The largest absolute Gasteiger partial charge is 0.464 e. The van der Waals surface area contributed by atoms with E-state index in [1.807, 2.05) is 0 Å². The summed E-state index contributed by atoms with van der Waals surface area (Å²) < 4.78 is 0.444. The highest BCUT2D eigenvalue weighted by Gasteiger charge is 2.24. The second-order valence-electron chi connectivity index (χ2n) is 4.10. The summed E-state index contributed by atoms with van der Waals surface area (Å²) in [6, 6.07) is 6.39. The minimum absolute atomic E-state index is 0.0688. The summed E-state index contributed by atoms with van der Waals surface area (Å²) in [5, 5.41) is 9.40. The molecule has 0 aromatic carbocycles. The quantitative estimate of drug-likeness (QED) is 0.582. The molecule has 0 fully saturated rings. The molecule has 3 aromatic heterocycles. The minimum atomic E-state index is -1.27. The molecule has 9 heteroatoms. The molecule has 0 saturated heterocycles. The maximum atomic E-state index is 11.6. The van der Waals surface area contributed by atoms with Crippen LogP contribution in [0.3, 0.4) is 0 Å². The van der Waals surface area contributed by atoms with Crippen LogP contribution in [-0.4, -0.2) is 32.4 Å². The topological polar surface area (TPSA) is 96.3 Å². The number of hydrogen-bond acceptors (Lipinski definition) is 6. The maximum absolute atomic E-state index is 11.6. The van der Waals surface area contributed by atoms with Gasteiger partial charge in [-0.1, -0.05) is 6.07 Å². The Bertz CT molecular complexity index is 868. The van der Waals surface area contributed by atoms with Crippen molar-refractivity contribution in [2.45, 2.75) is 0 Å². The van der Waals surface area contributed by atoms with Crippen molar-refractivity contribution in [2.75, 3.05) is 4.90 Å². The Kier molecular flexibility index (Phi) is 3.70. The Morgan fingerprint density at radius 3 is 2.82 bits per heavy atom. The van der Waals surface area contributed by atoms with Crippen LogP contribution in [0.1, 0.15) is 9.67 Å². The first kappa shape index (κ1) is 14.4. The number of anilines is 2. The molecule has 0 bridgehead atoms. The molecule has 0 spiro atoms. The number of nitrogens with zero attached hydrogens (tertiary/aromatic N) is 4. The van der Waals surface area contributed by atoms with Crippen LogP contribution in [0.4, 0.5) is 16.4 Å². The standard InChI is InChI=1S/C13H7ClN4O3S/c14-12-16-8-5-7(6-19)22-10(8)11(17-12)18(13(20)21)9-3-1-2-4-15-9/h1-6H,(H,20,21). The normalized spacial score (nSPS) is 10.6. The molecule has 3 aromatic rings. The van der Waals surface area contributed by atoms with Gasteiger partial charge < -0.3 is 5.11 Å². The second-order valence-corrected chi connectivity index (χ2v) is 5.52. The van der Waals surface area contributed by atoms with Crippen molar-refractivity contribution >= 4 is 57.2 Å². The molecule has 0 radical (unpaired) electrons. The van der Waals surface area contributed by atoms with E-state index in [1.165, 1.54) is 18.3 Å². The van der Waals surface area contributed by atoms with Gasteiger partial charge in [-0.3, -0.25) is 4.79 Å². The number of pyridine rings is 1. The predicted octanol–water partition coefficient (Wildman–Crippen LogP) is 3.37. The highest BCUT2D eigenvalue weighted by molar-refractivity contribution is 7.21. The van der Waals surface area contributed by atoms with Gasteiger partial charge in [-0.25, -0.2) is 19.7 Å². The molecule has 1 N–H and O–H groups in total. The molecule has 1 amide bonds. The maximum Gasteiger partial charge on any atom is 0.419 e. The van der Waals surface area contributed by atoms with Crippen molar-refractivity contribution in [3.63, 3.8) is 0 Å². The van der Waals surface area contributed by atoms with Gasteiger partial charge in [0.15, 0.2) is 12.1 Å². The monoisotopic (exact) mass is 334 g/mol. The Morgan fingerprint density at radius 2 is 2.18 bits per heavy atom. The molecule has 0 saturated carbocycles. The smallest absolute Gasteiger partial charge is 0.419 e. The number of aldehydes is 1. The predicted molar refractivity (Wildman–Crippen MR) is 82.2 cm³/mol. The first-order valence-corrected chi connectivity index (χ1v) is 7.16. The van der Waals surface area contributed by atoms with Crippen LogP contribution in [0.15, 0.2) is 30.5 Å². The number of thiophene rings is 1. The third kappa shape index (κ3) is 2.49. The average Bonchev–Trinajstić information content (AvgIpc) is 2.91. The Balaban J connectivity index is 2.28. The number of halogens is 1. The molecular weight excluding hydrogens is 328 g/mol. The van der Waals surface area contributed by atoms with E-state index in [1.54, 1.807) is 12.1 Å². The average molecular weight is 335 g/mol. The lowest BCUT2D eigenvalue weighted by atomic mass is 10.3. The summed E-state index contributed by atoms with van der Waals surface area (Å²) in [6.45, 7) is 0. The molecule has 0 unspecified atom stereocenters. The van der Waals surface area contributed by atoms with Gasteiger partial charge in [0.2, 0.25) is 5.28 Å². The second kappa shape index (κ2) is 5.66. The van der Waals surface area contributed by atoms with Crippen LogP contribution in [0, 0.1) is 0 Å². The van der Waals surface area contributed by atoms with Crippen LogP contribution in [0.25, 0.3) is 10.2 Å². The lowest BCUT2D eigenvalue weighted by molar-refractivity contribution is 0.112. The van der Waals surface area contributed by atoms with Crippen LogP contribution in [0.2, 0.25) is 5.28 Å². The molecule has 0 aliphatic rings. The molecule has 7 nitrogen and oxygen atoms in total. The van der Waals surface area contributed by atoms with E-state index in [2.05, 4.69) is 15.0 Å². The van der Waals surface area contributed by atoms with Crippen LogP contribution >= 0.6 is 22.9 Å². The van der Waals surface area contributed by atoms with Crippen molar-refractivity contribution in [2.24, 2.45) is 0 Å². The van der Waals surface area contributed by atoms with E-state index in [9.17, 15) is 14.7 Å². The zero-order valence-corrected chi connectivity index (χ0v) is 12.4. The van der Waals surface area contributed by atoms with E-state index in [0.717, 1.165) is 16.2 Å². The minimum Gasteiger partial charge on any atom is -0.464 e. The van der Waals surface area contributed by atoms with Gasteiger partial charge in [-0.05, 0) is 29.8 Å². The van der Waals surface area contributed by atoms with Crippen molar-refractivity contribution in [3.8, 4) is 0 Å². The number of carboxylic acid groups (broad SMARTS) is 1. The van der Waals surface area contributed by atoms with Gasteiger partial charge in [0.05, 0.1) is 15.1 Å². The summed E-state index contributed by atoms with van der Waals surface area (Å²) in [7, 11) is 0. The third-order valence-corrected chi connectivity index (χ3v) is 3.96. The Labute approximate surface area is 132 Å². The first-order chi connectivity index (χ1) is 10.6. The number of carbonyl (C=O) groups is 2. The van der Waals surface area contributed by atoms with Crippen molar-refractivity contribution in [1.82, 2.24) is 15.0 Å². The van der Waals surface area contributed by atoms with Crippen molar-refractivity contribution in [3.05, 3.63) is 40.6 Å². The van der Waals surface area contributed by atoms with E-state index >= 15 is 0 Å². The number of rotatable bonds is 3. The van der Waals surface area contributed by atoms with Gasteiger partial charge in [0.1, 0.15) is 5.82 Å². The number of amides is 1. The number of hydrogen-bond donors (Lipinski definition) is 1. The molecule has 110 valence electrons. The zero-order chi connectivity index (χ0) is 15.7.